The van der Waals surface area contributed by atoms with Crippen molar-refractivity contribution in [1.29, 1.82) is 0 Å². The minimum Gasteiger partial charge on any atom is -0.461 e. The highest BCUT2D eigenvalue weighted by Crippen LogP contribution is 2.47. The zero-order chi connectivity index (χ0) is 13.1. The van der Waals surface area contributed by atoms with Gasteiger partial charge in [-0.3, -0.25) is 0 Å². The molecular weight excluding hydrogens is 284 g/mol. The predicted molar refractivity (Wildman–Crippen MR) is 69.7 cm³/mol. The molecule has 0 saturated carbocycles. The summed E-state index contributed by atoms with van der Waals surface area (Å²) in [5.41, 5.74) is -0.825. The van der Waals surface area contributed by atoms with E-state index in [2.05, 4.69) is 4.99 Å². The summed E-state index contributed by atoms with van der Waals surface area (Å²) in [4.78, 5) is 4.02. The van der Waals surface area contributed by atoms with E-state index in [1.165, 1.54) is 0 Å². The second-order valence-corrected chi connectivity index (χ2v) is 6.77. The quantitative estimate of drug-likeness (QED) is 0.698. The first-order valence-electron chi connectivity index (χ1n) is 5.05. The van der Waals surface area contributed by atoms with Crippen LogP contribution in [-0.4, -0.2) is 26.1 Å². The van der Waals surface area contributed by atoms with E-state index in [1.807, 2.05) is 19.9 Å². The molecule has 2 aliphatic rings. The third-order valence-electron chi connectivity index (χ3n) is 3.14. The predicted octanol–water partition coefficient (Wildman–Crippen LogP) is 3.14. The van der Waals surface area contributed by atoms with Crippen LogP contribution in [-0.2, 0) is 4.74 Å². The molecule has 0 aromatic heterocycles. The molecule has 17 heavy (non-hydrogen) atoms. The number of hydrogen-bond donors (Lipinski definition) is 1. The Bertz CT molecular complexity index is 464. The van der Waals surface area contributed by atoms with Crippen LogP contribution in [0.15, 0.2) is 28.3 Å². The Balaban J connectivity index is 2.53. The van der Waals surface area contributed by atoms with E-state index in [9.17, 15) is 5.11 Å². The van der Waals surface area contributed by atoms with Gasteiger partial charge in [0.1, 0.15) is 0 Å². The molecule has 1 N–H and O–H groups in total. The molecule has 0 aromatic carbocycles. The van der Waals surface area contributed by atoms with Gasteiger partial charge < -0.3 is 9.84 Å². The molecule has 1 aliphatic carbocycles. The van der Waals surface area contributed by atoms with E-state index in [1.54, 1.807) is 13.0 Å². The number of aliphatic hydroxyl groups is 1. The van der Waals surface area contributed by atoms with E-state index in [0.717, 1.165) is 11.1 Å². The fraction of sp³-hybridized carbons (Fsp3) is 0.545. The summed E-state index contributed by atoms with van der Waals surface area (Å²) in [7, 11) is 0. The van der Waals surface area contributed by atoms with Crippen molar-refractivity contribution in [2.45, 2.75) is 35.9 Å². The van der Waals surface area contributed by atoms with Crippen molar-refractivity contribution in [1.82, 2.24) is 0 Å². The highest BCUT2D eigenvalue weighted by atomic mass is 35.6. The van der Waals surface area contributed by atoms with Crippen LogP contribution in [0.2, 0.25) is 0 Å². The van der Waals surface area contributed by atoms with E-state index < -0.39 is 15.1 Å². The van der Waals surface area contributed by atoms with Crippen molar-refractivity contribution in [3.8, 4) is 0 Å². The Kier molecular flexibility index (Phi) is 2.83. The fourth-order valence-corrected chi connectivity index (χ4v) is 2.30. The minimum atomic E-state index is -1.78. The first-order valence-corrected chi connectivity index (χ1v) is 6.18. The van der Waals surface area contributed by atoms with Gasteiger partial charge in [0.2, 0.25) is 11.6 Å². The first kappa shape index (κ1) is 13.2. The first-order chi connectivity index (χ1) is 7.58. The number of fused-ring (bicyclic) bond motifs is 1. The van der Waals surface area contributed by atoms with Crippen LogP contribution in [0, 0.1) is 0 Å². The number of halogens is 3. The lowest BCUT2D eigenvalue weighted by atomic mass is 9.80. The van der Waals surface area contributed by atoms with Crippen LogP contribution >= 0.6 is 34.8 Å². The molecule has 0 saturated heterocycles. The van der Waals surface area contributed by atoms with Crippen LogP contribution in [0.4, 0.5) is 0 Å². The summed E-state index contributed by atoms with van der Waals surface area (Å²) in [5.74, 6) is -0.0915. The van der Waals surface area contributed by atoms with Crippen LogP contribution in [0.1, 0.15) is 20.8 Å². The van der Waals surface area contributed by atoms with Crippen LogP contribution in [0.5, 0.6) is 0 Å². The summed E-state index contributed by atoms with van der Waals surface area (Å²) < 4.78 is 3.79. The highest BCUT2D eigenvalue weighted by molar-refractivity contribution is 6.76. The van der Waals surface area contributed by atoms with Gasteiger partial charge in [-0.15, -0.1) is 0 Å². The number of rotatable bonds is 0. The SMILES string of the molecule is CC1=C[C@]2(O)N=C(C(Cl)(Cl)Cl)O[C@]2(C)C(C)=C1. The Hall–Kier alpha value is -0.220. The molecule has 0 fully saturated rings. The fourth-order valence-electron chi connectivity index (χ4n) is 2.05. The Morgan fingerprint density at radius 1 is 1.35 bits per heavy atom. The number of hydrogen-bond acceptors (Lipinski definition) is 3. The van der Waals surface area contributed by atoms with E-state index >= 15 is 0 Å². The zero-order valence-corrected chi connectivity index (χ0v) is 11.9. The van der Waals surface area contributed by atoms with Gasteiger partial charge >= 0.3 is 0 Å². The van der Waals surface area contributed by atoms with Crippen LogP contribution in [0.25, 0.3) is 0 Å². The van der Waals surface area contributed by atoms with Crippen LogP contribution in [0.3, 0.4) is 0 Å². The second kappa shape index (κ2) is 3.64. The van der Waals surface area contributed by atoms with Gasteiger partial charge in [-0.2, -0.15) is 0 Å². The lowest BCUT2D eigenvalue weighted by Gasteiger charge is -2.38. The van der Waals surface area contributed by atoms with Crippen molar-refractivity contribution in [3.63, 3.8) is 0 Å². The molecule has 2 atom stereocenters. The molecular formula is C11H12Cl3NO2. The smallest absolute Gasteiger partial charge is 0.266 e. The Morgan fingerprint density at radius 2 is 1.94 bits per heavy atom. The number of nitrogens with zero attached hydrogens (tertiary/aromatic N) is 1. The highest BCUT2D eigenvalue weighted by Gasteiger charge is 2.58. The summed E-state index contributed by atoms with van der Waals surface area (Å²) in [6, 6.07) is 0. The lowest BCUT2D eigenvalue weighted by molar-refractivity contribution is -0.0481. The van der Waals surface area contributed by atoms with Gasteiger partial charge in [0.25, 0.3) is 3.79 Å². The van der Waals surface area contributed by atoms with Gasteiger partial charge in [0.15, 0.2) is 5.60 Å². The number of allylic oxidation sites excluding steroid dienone is 2. The number of aliphatic imine (C=N–C) groups is 1. The van der Waals surface area contributed by atoms with Gasteiger partial charge in [0.05, 0.1) is 0 Å². The van der Waals surface area contributed by atoms with Crippen molar-refractivity contribution in [3.05, 3.63) is 23.3 Å². The molecule has 94 valence electrons. The summed E-state index contributed by atoms with van der Waals surface area (Å²) >= 11 is 17.2. The van der Waals surface area contributed by atoms with Crippen molar-refractivity contribution >= 4 is 40.7 Å². The minimum absolute atomic E-state index is 0.0915. The van der Waals surface area contributed by atoms with Gasteiger partial charge in [-0.05, 0) is 32.4 Å². The molecule has 0 spiro atoms. The Labute approximate surface area is 115 Å². The van der Waals surface area contributed by atoms with E-state index in [-0.39, 0.29) is 5.90 Å². The van der Waals surface area contributed by atoms with Gasteiger partial charge in [-0.25, -0.2) is 4.99 Å². The molecule has 0 radical (unpaired) electrons. The molecule has 3 nitrogen and oxygen atoms in total. The van der Waals surface area contributed by atoms with E-state index in [4.69, 9.17) is 39.5 Å². The molecule has 6 heteroatoms. The maximum Gasteiger partial charge on any atom is 0.266 e. The molecule has 0 aromatic rings. The number of alkyl halides is 3. The summed E-state index contributed by atoms with van der Waals surface area (Å²) in [6.07, 6.45) is 3.51. The average Bonchev–Trinajstić information content (AvgIpc) is 2.38. The third-order valence-corrected chi connectivity index (χ3v) is 3.63. The van der Waals surface area contributed by atoms with Gasteiger partial charge in [0, 0.05) is 0 Å². The standard InChI is InChI=1S/C11H12Cl3NO2/c1-6-4-7(2)9(3)10(16,5-6)15-8(17-9)11(12,13)14/h4-5,16H,1-3H3/t9-,10-/m1/s1. The molecule has 1 heterocycles. The normalized spacial score (nSPS) is 36.8. The summed E-state index contributed by atoms with van der Waals surface area (Å²) in [6.45, 7) is 5.43. The third kappa shape index (κ3) is 1.89. The number of ether oxygens (including phenoxy) is 1. The molecule has 0 bridgehead atoms. The van der Waals surface area contributed by atoms with Crippen LogP contribution < -0.4 is 0 Å². The Morgan fingerprint density at radius 3 is 2.47 bits per heavy atom. The average molecular weight is 297 g/mol. The second-order valence-electron chi connectivity index (χ2n) is 4.49. The van der Waals surface area contributed by atoms with Crippen molar-refractivity contribution < 1.29 is 9.84 Å². The molecule has 1 aliphatic heterocycles. The summed E-state index contributed by atoms with van der Waals surface area (Å²) in [5, 5.41) is 10.5. The van der Waals surface area contributed by atoms with E-state index in [0.29, 0.717) is 0 Å². The molecule has 0 amide bonds. The molecule has 0 unspecified atom stereocenters. The monoisotopic (exact) mass is 295 g/mol. The largest absolute Gasteiger partial charge is 0.461 e. The maximum absolute atomic E-state index is 10.5. The van der Waals surface area contributed by atoms with Crippen molar-refractivity contribution in [2.24, 2.45) is 4.99 Å². The van der Waals surface area contributed by atoms with Gasteiger partial charge in [-0.1, -0.05) is 46.5 Å². The zero-order valence-electron chi connectivity index (χ0n) is 9.59. The lowest BCUT2D eigenvalue weighted by Crippen LogP contribution is -2.50. The topological polar surface area (TPSA) is 41.8 Å². The molecule has 2 rings (SSSR count). The van der Waals surface area contributed by atoms with Crippen molar-refractivity contribution in [2.75, 3.05) is 0 Å². The maximum atomic E-state index is 10.5.